The zero-order chi connectivity index (χ0) is 67.4. The van der Waals surface area contributed by atoms with Gasteiger partial charge in [0.05, 0.1) is 13.2 Å². The molecule has 22 heteroatoms. The SMILES string of the molecule is [2H]C(CCCCCC)C(=O)O[C@@H]1C(OC2(OCC(O)CO)O[C@H](COC(=O)CCCCC)[C@@H](OC(=O)CCCCC)[C@H](OC(=O)CCCCC)[C@@H]2OC(=O)C([2H])CCCCCC)O[C@H](COC(=O)CCCCC)[C@@H](OC(=O)CCCCC)[C@@H]1OC(=O)CCCCC. The highest BCUT2D eigenvalue weighted by atomic mass is 16.9. The van der Waals surface area contributed by atoms with Crippen molar-refractivity contribution >= 4 is 47.8 Å². The van der Waals surface area contributed by atoms with Gasteiger partial charge < -0.3 is 62.3 Å². The molecule has 0 aliphatic carbocycles. The highest BCUT2D eigenvalue weighted by molar-refractivity contribution is 5.73. The fourth-order valence-corrected chi connectivity index (χ4v) is 10.0. The molecule has 2 fully saturated rings. The van der Waals surface area contributed by atoms with Crippen molar-refractivity contribution in [3.63, 3.8) is 0 Å². The van der Waals surface area contributed by atoms with E-state index in [-0.39, 0.29) is 51.4 Å². The van der Waals surface area contributed by atoms with Gasteiger partial charge in [-0.05, 0) is 51.4 Å². The van der Waals surface area contributed by atoms with E-state index in [4.69, 9.17) is 59.6 Å². The molecule has 2 rings (SSSR count). The summed E-state index contributed by atoms with van der Waals surface area (Å²) in [5.41, 5.74) is 0. The molecular weight excluding hydrogens is 1160 g/mol. The molecule has 2 heterocycles. The molecule has 2 aliphatic heterocycles. The summed E-state index contributed by atoms with van der Waals surface area (Å²) in [6, 6.07) is 0. The van der Waals surface area contributed by atoms with Crippen molar-refractivity contribution in [2.75, 3.05) is 26.4 Å². The van der Waals surface area contributed by atoms with Crippen LogP contribution in [0.4, 0.5) is 0 Å². The summed E-state index contributed by atoms with van der Waals surface area (Å²) in [7, 11) is 0. The van der Waals surface area contributed by atoms with Crippen molar-refractivity contribution in [1.29, 1.82) is 0 Å². The molecule has 0 aromatic carbocycles. The van der Waals surface area contributed by atoms with Gasteiger partial charge in [0.2, 0.25) is 12.4 Å². The number of hydrogen-bond acceptors (Lipinski definition) is 22. The van der Waals surface area contributed by atoms with E-state index in [1.165, 1.54) is 0 Å². The quantitative estimate of drug-likeness (QED) is 0.0248. The Morgan fingerprint density at radius 2 is 0.742 bits per heavy atom. The third-order valence-electron chi connectivity index (χ3n) is 15.2. The largest absolute Gasteiger partial charge is 0.463 e. The maximum Gasteiger partial charge on any atom is 0.329 e. The highest BCUT2D eigenvalue weighted by Crippen LogP contribution is 2.43. The molecule has 0 amide bonds. The van der Waals surface area contributed by atoms with Gasteiger partial charge in [-0.2, -0.15) is 0 Å². The molecule has 2 aliphatic rings. The van der Waals surface area contributed by atoms with Crippen LogP contribution in [0.5, 0.6) is 0 Å². The fourth-order valence-electron chi connectivity index (χ4n) is 10.0. The smallest absolute Gasteiger partial charge is 0.329 e. The molecule has 516 valence electrons. The lowest BCUT2D eigenvalue weighted by molar-refractivity contribution is -0.499. The predicted octanol–water partition coefficient (Wildman–Crippen LogP) is 11.9. The van der Waals surface area contributed by atoms with Crippen LogP contribution in [0, 0.1) is 0 Å². The first-order valence-electron chi connectivity index (χ1n) is 35.3. The minimum absolute atomic E-state index is 0.00846. The molecule has 5 unspecified atom stereocenters. The standard InChI is InChI=1S/C67H116O22/c1-9-17-25-27-35-43-58(76)86-64-62(84-56(74)41-33-23-15-7)60(82-54(72)39-31-21-13-5)50(47-78-52(70)37-29-19-11-3)81-66(64)89-67(80-46-49(69)45-68)65(87-59(77)44-36-28-26-18-10-2)63(85-57(75)42-34-24-16-8)61(83-55(73)40-32-22-14-6)51(88-67)48-79-53(71)38-30-20-12-4/h49-51,60-66,68-69H,9-48H2,1-8H3/t49?,50-,51-,60-,61-,62+,63+,64+,65+,66?,67?/m1/s1/i43D,44D/t43?,44?,49?,50-,51-,60-,61-,62+,63+,64+,65+,66?,67?. The van der Waals surface area contributed by atoms with Crippen molar-refractivity contribution in [3.8, 4) is 0 Å². The van der Waals surface area contributed by atoms with Crippen LogP contribution in [0.3, 0.4) is 0 Å². The number of esters is 8. The minimum Gasteiger partial charge on any atom is -0.463 e. The van der Waals surface area contributed by atoms with Crippen LogP contribution in [0.2, 0.25) is 0 Å². The van der Waals surface area contributed by atoms with Crippen molar-refractivity contribution in [2.24, 2.45) is 0 Å². The van der Waals surface area contributed by atoms with Crippen molar-refractivity contribution in [1.82, 2.24) is 0 Å². The number of carbonyl (C=O) groups is 8. The van der Waals surface area contributed by atoms with E-state index in [0.717, 1.165) is 51.4 Å². The summed E-state index contributed by atoms with van der Waals surface area (Å²) in [4.78, 5) is 114. The number of rotatable bonds is 52. The van der Waals surface area contributed by atoms with E-state index in [9.17, 15) is 48.6 Å². The fraction of sp³-hybridized carbons (Fsp3) is 0.881. The summed E-state index contributed by atoms with van der Waals surface area (Å²) in [5.74, 6) is -10.5. The van der Waals surface area contributed by atoms with Gasteiger partial charge in [0, 0.05) is 54.1 Å². The number of unbranched alkanes of at least 4 members (excludes halogenated alkanes) is 18. The van der Waals surface area contributed by atoms with Gasteiger partial charge in [-0.15, -0.1) is 0 Å². The third-order valence-corrected chi connectivity index (χ3v) is 15.2. The topological polar surface area (TPSA) is 288 Å². The summed E-state index contributed by atoms with van der Waals surface area (Å²) in [6.07, 6.45) is -7.80. The molecule has 0 saturated carbocycles. The minimum atomic E-state index is -3.25. The lowest BCUT2D eigenvalue weighted by Gasteiger charge is -2.52. The van der Waals surface area contributed by atoms with Crippen LogP contribution in [-0.2, 0) is 95.2 Å². The predicted molar refractivity (Wildman–Crippen MR) is 329 cm³/mol. The van der Waals surface area contributed by atoms with Gasteiger partial charge in [0.1, 0.15) is 31.5 Å². The Balaban J connectivity index is 3.39. The van der Waals surface area contributed by atoms with Gasteiger partial charge in [0.25, 0.3) is 0 Å². The van der Waals surface area contributed by atoms with Gasteiger partial charge >= 0.3 is 53.7 Å². The molecule has 13 atom stereocenters. The van der Waals surface area contributed by atoms with Crippen molar-refractivity contribution in [3.05, 3.63) is 0 Å². The third kappa shape index (κ3) is 33.1. The molecule has 0 radical (unpaired) electrons. The Bertz CT molecular complexity index is 2050. The van der Waals surface area contributed by atoms with Gasteiger partial charge in [-0.1, -0.05) is 184 Å². The second-order valence-electron chi connectivity index (χ2n) is 23.4. The molecule has 0 spiro atoms. The Labute approximate surface area is 534 Å². The summed E-state index contributed by atoms with van der Waals surface area (Å²) in [5, 5.41) is 21.6. The number of aliphatic hydroxyl groups excluding tert-OH is 2. The Kier molecular flexibility index (Phi) is 42.5. The molecule has 22 nitrogen and oxygen atoms in total. The maximum atomic E-state index is 14.8. The molecule has 2 saturated heterocycles. The van der Waals surface area contributed by atoms with Gasteiger partial charge in [-0.3, -0.25) is 43.1 Å². The van der Waals surface area contributed by atoms with E-state index in [2.05, 4.69) is 0 Å². The van der Waals surface area contributed by atoms with Crippen LogP contribution >= 0.6 is 0 Å². The lowest BCUT2D eigenvalue weighted by atomic mass is 9.95. The second kappa shape index (κ2) is 49.2. The summed E-state index contributed by atoms with van der Waals surface area (Å²) in [6.45, 7) is 12.1. The summed E-state index contributed by atoms with van der Waals surface area (Å²) < 4.78 is 94.5. The second-order valence-corrected chi connectivity index (χ2v) is 23.4. The average Bonchev–Trinajstić information content (AvgIpc) is 0.746. The van der Waals surface area contributed by atoms with E-state index < -0.39 is 154 Å². The summed E-state index contributed by atoms with van der Waals surface area (Å²) >= 11 is 0. The highest BCUT2D eigenvalue weighted by Gasteiger charge is 2.66. The van der Waals surface area contributed by atoms with Crippen LogP contribution in [0.25, 0.3) is 0 Å². The van der Waals surface area contributed by atoms with Crippen molar-refractivity contribution in [2.45, 2.75) is 354 Å². The zero-order valence-electron chi connectivity index (χ0n) is 57.4. The van der Waals surface area contributed by atoms with Crippen LogP contribution < -0.4 is 0 Å². The first kappa shape index (κ1) is 77.0. The normalized spacial score (nSPS) is 23.8. The molecule has 0 bridgehead atoms. The molecule has 89 heavy (non-hydrogen) atoms. The maximum absolute atomic E-state index is 14.8. The number of ether oxygens (including phenoxy) is 12. The Hall–Kier alpha value is -4.48. The van der Waals surface area contributed by atoms with Crippen molar-refractivity contribution < 1.29 is 108 Å². The van der Waals surface area contributed by atoms with E-state index in [1.54, 1.807) is 0 Å². The lowest BCUT2D eigenvalue weighted by Crippen LogP contribution is -2.72. The number of hydrogen-bond donors (Lipinski definition) is 2. The first-order chi connectivity index (χ1) is 43.8. The first-order valence-corrected chi connectivity index (χ1v) is 34.1. The van der Waals surface area contributed by atoms with Gasteiger partial charge in [0.15, 0.2) is 30.5 Å². The Morgan fingerprint density at radius 3 is 1.16 bits per heavy atom. The van der Waals surface area contributed by atoms with E-state index >= 15 is 0 Å². The van der Waals surface area contributed by atoms with E-state index in [0.29, 0.717) is 116 Å². The van der Waals surface area contributed by atoms with Gasteiger partial charge in [-0.25, -0.2) is 0 Å². The molecule has 2 N–H and O–H groups in total. The molecular formula is C67H116O22. The van der Waals surface area contributed by atoms with E-state index in [1.807, 2.05) is 55.4 Å². The molecule has 0 aromatic rings. The van der Waals surface area contributed by atoms with Crippen LogP contribution in [0.1, 0.15) is 289 Å². The van der Waals surface area contributed by atoms with Crippen LogP contribution in [0.15, 0.2) is 0 Å². The average molecular weight is 1280 g/mol. The number of carbonyl (C=O) groups excluding carboxylic acids is 8. The monoisotopic (exact) mass is 1270 g/mol. The Morgan fingerprint density at radius 1 is 0.404 bits per heavy atom. The van der Waals surface area contributed by atoms with Crippen LogP contribution in [-0.4, -0.2) is 152 Å². The molecule has 0 aromatic heterocycles. The zero-order valence-corrected chi connectivity index (χ0v) is 55.4. The number of aliphatic hydroxyl groups is 2.